The van der Waals surface area contributed by atoms with Gasteiger partial charge >= 0.3 is 0 Å². The molecule has 2 rings (SSSR count). The van der Waals surface area contributed by atoms with E-state index < -0.39 is 86.8 Å². The largest absolute Gasteiger partial charge is 0.394 e. The molecule has 86 heavy (non-hydrogen) atoms. The highest BCUT2D eigenvalue weighted by Crippen LogP contribution is 2.30. The average molecular weight is 1210 g/mol. The average Bonchev–Trinajstić information content (AvgIpc) is 1.60. The number of rotatable bonds is 52. The van der Waals surface area contributed by atoms with Gasteiger partial charge in [-0.3, -0.25) is 4.79 Å². The molecule has 2 fully saturated rings. The second-order valence-corrected chi connectivity index (χ2v) is 22.8. The Morgan fingerprint density at radius 1 is 0.430 bits per heavy atom. The molecule has 0 aromatic carbocycles. The van der Waals surface area contributed by atoms with Crippen molar-refractivity contribution in [1.29, 1.82) is 0 Å². The third-order valence-electron chi connectivity index (χ3n) is 15.3. The van der Waals surface area contributed by atoms with E-state index in [1.165, 1.54) is 83.5 Å². The van der Waals surface area contributed by atoms with E-state index in [4.69, 9.17) is 18.9 Å². The SMILES string of the molecule is CC/C=C\C/C=C\C/C=C\C/C=C\C/C=C\C/C=C\C/C=C\C/C=C\CCCCCCCCCCCCCCCCCCC(=O)NC(COC1OC(CO)C(OC2OC(CO)C(O)C(O)C2O)C(O)C1O)C(O)/C=C/CC/C=C/CC/C=C/CCC. The zero-order chi connectivity index (χ0) is 62.3. The number of aliphatic hydroxyl groups is 8. The Hall–Kier alpha value is -3.87. The second-order valence-electron chi connectivity index (χ2n) is 22.8. The quantitative estimate of drug-likeness (QED) is 0.0204. The Morgan fingerprint density at radius 3 is 1.27 bits per heavy atom. The molecule has 2 heterocycles. The highest BCUT2D eigenvalue weighted by molar-refractivity contribution is 5.76. The van der Waals surface area contributed by atoms with Crippen molar-refractivity contribution in [3.63, 3.8) is 0 Å². The van der Waals surface area contributed by atoms with Gasteiger partial charge in [-0.1, -0.05) is 244 Å². The number of hydrogen-bond acceptors (Lipinski definition) is 13. The van der Waals surface area contributed by atoms with Gasteiger partial charge in [0.05, 0.1) is 32.0 Å². The van der Waals surface area contributed by atoms with Gasteiger partial charge in [-0.2, -0.15) is 0 Å². The van der Waals surface area contributed by atoms with Crippen molar-refractivity contribution < 1.29 is 64.6 Å². The normalized spacial score (nSPS) is 24.3. The maximum Gasteiger partial charge on any atom is 0.220 e. The molecular formula is C72H119NO13. The van der Waals surface area contributed by atoms with Gasteiger partial charge < -0.3 is 65.1 Å². The molecular weight excluding hydrogens is 1090 g/mol. The van der Waals surface area contributed by atoms with Crippen molar-refractivity contribution in [1.82, 2.24) is 5.32 Å². The lowest BCUT2D eigenvalue weighted by molar-refractivity contribution is -0.359. The summed E-state index contributed by atoms with van der Waals surface area (Å²) >= 11 is 0. The number of carbonyl (C=O) groups excluding carboxylic acids is 1. The first-order chi connectivity index (χ1) is 42.1. The fourth-order valence-electron chi connectivity index (χ4n) is 9.99. The van der Waals surface area contributed by atoms with E-state index >= 15 is 0 Å². The Kier molecular flexibility index (Phi) is 50.2. The maximum absolute atomic E-state index is 13.3. The summed E-state index contributed by atoms with van der Waals surface area (Å²) in [5.74, 6) is -0.260. The predicted octanol–water partition coefficient (Wildman–Crippen LogP) is 13.1. The molecule has 0 aromatic rings. The Morgan fingerprint density at radius 2 is 0.814 bits per heavy atom. The van der Waals surface area contributed by atoms with Gasteiger partial charge in [-0.15, -0.1) is 0 Å². The summed E-state index contributed by atoms with van der Waals surface area (Å²) in [6.45, 7) is 2.56. The van der Waals surface area contributed by atoms with Gasteiger partial charge in [0.1, 0.15) is 48.8 Å². The molecule has 0 aromatic heterocycles. The highest BCUT2D eigenvalue weighted by Gasteiger charge is 2.51. The second kappa shape index (κ2) is 55.2. The molecule has 0 saturated carbocycles. The smallest absolute Gasteiger partial charge is 0.220 e. The third kappa shape index (κ3) is 39.2. The first-order valence-corrected chi connectivity index (χ1v) is 33.4. The van der Waals surface area contributed by atoms with Gasteiger partial charge in [0.2, 0.25) is 5.91 Å². The molecule has 2 aliphatic rings. The molecule has 2 aliphatic heterocycles. The molecule has 1 amide bonds. The van der Waals surface area contributed by atoms with E-state index in [-0.39, 0.29) is 18.9 Å². The molecule has 0 radical (unpaired) electrons. The van der Waals surface area contributed by atoms with Crippen LogP contribution in [0.15, 0.2) is 134 Å². The minimum Gasteiger partial charge on any atom is -0.394 e. The minimum absolute atomic E-state index is 0.260. The summed E-state index contributed by atoms with van der Waals surface area (Å²) in [6, 6.07) is -0.943. The van der Waals surface area contributed by atoms with Gasteiger partial charge in [0.15, 0.2) is 12.6 Å². The molecule has 12 unspecified atom stereocenters. The van der Waals surface area contributed by atoms with Gasteiger partial charge in [0, 0.05) is 6.42 Å². The van der Waals surface area contributed by atoms with E-state index in [0.717, 1.165) is 103 Å². The summed E-state index contributed by atoms with van der Waals surface area (Å²) < 4.78 is 22.7. The van der Waals surface area contributed by atoms with Crippen molar-refractivity contribution in [3.05, 3.63) is 134 Å². The fourth-order valence-corrected chi connectivity index (χ4v) is 9.99. The Balaban J connectivity index is 1.57. The molecule has 490 valence electrons. The van der Waals surface area contributed by atoms with Gasteiger partial charge in [0.25, 0.3) is 0 Å². The topological polar surface area (TPSA) is 228 Å². The zero-order valence-electron chi connectivity index (χ0n) is 53.0. The fraction of sp³-hybridized carbons (Fsp3) is 0.681. The van der Waals surface area contributed by atoms with Crippen LogP contribution in [0.2, 0.25) is 0 Å². The summed E-state index contributed by atoms with van der Waals surface area (Å²) in [5, 5.41) is 87.0. The molecule has 2 saturated heterocycles. The van der Waals surface area contributed by atoms with Gasteiger partial charge in [-0.25, -0.2) is 0 Å². The predicted molar refractivity (Wildman–Crippen MR) is 350 cm³/mol. The maximum atomic E-state index is 13.3. The number of aliphatic hydroxyl groups excluding tert-OH is 8. The minimum atomic E-state index is -1.80. The van der Waals surface area contributed by atoms with Crippen LogP contribution in [0.1, 0.15) is 219 Å². The van der Waals surface area contributed by atoms with E-state index in [9.17, 15) is 45.6 Å². The van der Waals surface area contributed by atoms with E-state index in [1.54, 1.807) is 6.08 Å². The van der Waals surface area contributed by atoms with E-state index in [0.29, 0.717) is 12.8 Å². The van der Waals surface area contributed by atoms with Crippen LogP contribution < -0.4 is 5.32 Å². The van der Waals surface area contributed by atoms with Crippen LogP contribution in [0.5, 0.6) is 0 Å². The summed E-state index contributed by atoms with van der Waals surface area (Å²) in [5.41, 5.74) is 0. The van der Waals surface area contributed by atoms with Crippen molar-refractivity contribution in [2.75, 3.05) is 19.8 Å². The number of unbranched alkanes of at least 4 members (excludes halogenated alkanes) is 19. The first kappa shape index (κ1) is 78.2. The third-order valence-corrected chi connectivity index (χ3v) is 15.3. The van der Waals surface area contributed by atoms with Crippen LogP contribution >= 0.6 is 0 Å². The lowest BCUT2D eigenvalue weighted by atomic mass is 9.97. The molecule has 9 N–H and O–H groups in total. The van der Waals surface area contributed by atoms with Crippen molar-refractivity contribution in [3.8, 4) is 0 Å². The summed E-state index contributed by atoms with van der Waals surface area (Å²) in [6.07, 6.45) is 65.4. The highest BCUT2D eigenvalue weighted by atomic mass is 16.7. The van der Waals surface area contributed by atoms with E-state index in [2.05, 4.69) is 141 Å². The number of ether oxygens (including phenoxy) is 4. The standard InChI is InChI=1S/C72H119NO13/c1-3-5-7-9-11-13-15-16-17-18-19-20-21-22-23-24-25-26-27-28-29-30-31-32-33-34-35-36-37-38-39-40-41-42-43-44-46-48-50-52-54-56-64(77)73-60(61(76)55-53-51-49-47-45-14-12-10-8-6-4-2)59-83-71-69(82)67(80)70(63(58-75)85-71)86-72-68(81)66(79)65(78)62(57-74)84-72/h5,7-8,10-11,13,16-17,19-20,22-23,25-26,28-29,31-32,45,47,53,55,60-63,65-72,74-76,78-82H,3-4,6,9,12,14-15,18,21,24,27,30,33-44,46,48-52,54,56-59H2,1-2H3,(H,73,77)/b7-5-,10-8+,13-11-,17-16-,20-19-,23-22-,26-25-,29-28-,32-31-,47-45+,55-53+. The molecule has 0 spiro atoms. The number of nitrogens with one attached hydrogen (secondary N) is 1. The molecule has 14 nitrogen and oxygen atoms in total. The lowest BCUT2D eigenvalue weighted by Gasteiger charge is -2.46. The number of hydrogen-bond donors (Lipinski definition) is 9. The van der Waals surface area contributed by atoms with Crippen LogP contribution in [0, 0.1) is 0 Å². The molecule has 12 atom stereocenters. The lowest BCUT2D eigenvalue weighted by Crippen LogP contribution is -2.65. The van der Waals surface area contributed by atoms with Gasteiger partial charge in [-0.05, 0) is 103 Å². The summed E-state index contributed by atoms with van der Waals surface area (Å²) in [4.78, 5) is 13.3. The Bertz CT molecular complexity index is 1950. The van der Waals surface area contributed by atoms with Crippen LogP contribution in [-0.4, -0.2) is 140 Å². The number of carbonyl (C=O) groups is 1. The van der Waals surface area contributed by atoms with Crippen LogP contribution in [-0.2, 0) is 23.7 Å². The number of amides is 1. The molecule has 0 aliphatic carbocycles. The Labute approximate surface area is 520 Å². The molecule has 14 heteroatoms. The molecule has 0 bridgehead atoms. The van der Waals surface area contributed by atoms with Crippen LogP contribution in [0.4, 0.5) is 0 Å². The monoisotopic (exact) mass is 1210 g/mol. The van der Waals surface area contributed by atoms with Crippen LogP contribution in [0.3, 0.4) is 0 Å². The first-order valence-electron chi connectivity index (χ1n) is 33.4. The van der Waals surface area contributed by atoms with E-state index in [1.807, 2.05) is 6.08 Å². The number of allylic oxidation sites excluding steroid dienone is 21. The van der Waals surface area contributed by atoms with Crippen molar-refractivity contribution in [2.45, 2.75) is 293 Å². The van der Waals surface area contributed by atoms with Crippen molar-refractivity contribution >= 4 is 5.91 Å². The van der Waals surface area contributed by atoms with Crippen LogP contribution in [0.25, 0.3) is 0 Å². The summed E-state index contributed by atoms with van der Waals surface area (Å²) in [7, 11) is 0. The van der Waals surface area contributed by atoms with Crippen molar-refractivity contribution in [2.24, 2.45) is 0 Å². The zero-order valence-corrected chi connectivity index (χ0v) is 53.0.